The molecule has 0 aromatic heterocycles. The molecule has 2 fully saturated rings. The summed E-state index contributed by atoms with van der Waals surface area (Å²) in [7, 11) is 0. The summed E-state index contributed by atoms with van der Waals surface area (Å²) in [6.45, 7) is 1.95. The molecular formula is C15H17N3O4. The molecule has 22 heavy (non-hydrogen) atoms. The van der Waals surface area contributed by atoms with Gasteiger partial charge in [0, 0.05) is 30.6 Å². The lowest BCUT2D eigenvalue weighted by Crippen LogP contribution is -2.29. The third-order valence-electron chi connectivity index (χ3n) is 4.11. The van der Waals surface area contributed by atoms with Crippen LogP contribution in [0.3, 0.4) is 0 Å². The first-order valence-corrected chi connectivity index (χ1v) is 7.31. The highest BCUT2D eigenvalue weighted by molar-refractivity contribution is 5.95. The fourth-order valence-corrected chi connectivity index (χ4v) is 2.81. The van der Waals surface area contributed by atoms with Gasteiger partial charge in [0.1, 0.15) is 5.69 Å². The van der Waals surface area contributed by atoms with Gasteiger partial charge in [-0.2, -0.15) is 0 Å². The van der Waals surface area contributed by atoms with Gasteiger partial charge in [-0.05, 0) is 31.9 Å². The zero-order valence-electron chi connectivity index (χ0n) is 12.2. The second kappa shape index (κ2) is 5.40. The number of hydrogen-bond donors (Lipinski definition) is 1. The van der Waals surface area contributed by atoms with Crippen LogP contribution in [0.2, 0.25) is 0 Å². The second-order valence-corrected chi connectivity index (χ2v) is 5.87. The largest absolute Gasteiger partial charge is 0.374 e. The molecule has 1 unspecified atom stereocenters. The molecule has 1 aliphatic carbocycles. The van der Waals surface area contributed by atoms with Crippen LogP contribution in [0.5, 0.6) is 0 Å². The topological polar surface area (TPSA) is 92.6 Å². The van der Waals surface area contributed by atoms with E-state index in [0.29, 0.717) is 30.3 Å². The predicted octanol–water partition coefficient (Wildman–Crippen LogP) is 1.97. The minimum Gasteiger partial charge on any atom is -0.374 e. The molecule has 1 N–H and O–H groups in total. The van der Waals surface area contributed by atoms with E-state index < -0.39 is 4.92 Å². The number of carbonyl (C=O) groups is 2. The smallest absolute Gasteiger partial charge is 0.293 e. The lowest BCUT2D eigenvalue weighted by Gasteiger charge is -2.17. The molecule has 0 bridgehead atoms. The molecule has 1 saturated heterocycles. The van der Waals surface area contributed by atoms with Crippen molar-refractivity contribution in [2.75, 3.05) is 11.9 Å². The van der Waals surface area contributed by atoms with Crippen molar-refractivity contribution < 1.29 is 14.5 Å². The van der Waals surface area contributed by atoms with Crippen LogP contribution in [-0.4, -0.2) is 40.1 Å². The zero-order chi connectivity index (χ0) is 15.9. The van der Waals surface area contributed by atoms with Crippen molar-refractivity contribution in [3.8, 4) is 0 Å². The lowest BCUT2D eigenvalue weighted by atomic mass is 10.1. The number of benzene rings is 1. The number of carbonyl (C=O) groups excluding carboxylic acids is 2. The Morgan fingerprint density at radius 3 is 2.73 bits per heavy atom. The standard InChI is InChI=1S/C15H17N3O4/c1-9(19)10-2-5-13(14(6-10)18(21)22)16-11-7-15(20)17(8-11)12-3-4-12/h2,5-6,11-12,16H,3-4,7-8H2,1H3. The Hall–Kier alpha value is -2.44. The highest BCUT2D eigenvalue weighted by Gasteiger charge is 2.39. The molecule has 3 rings (SSSR count). The molecule has 116 valence electrons. The van der Waals surface area contributed by atoms with E-state index in [4.69, 9.17) is 0 Å². The van der Waals surface area contributed by atoms with Crippen molar-refractivity contribution in [3.63, 3.8) is 0 Å². The van der Waals surface area contributed by atoms with Crippen molar-refractivity contribution in [1.82, 2.24) is 4.90 Å². The molecule has 1 heterocycles. The quantitative estimate of drug-likeness (QED) is 0.510. The first-order chi connectivity index (χ1) is 10.5. The third-order valence-corrected chi connectivity index (χ3v) is 4.11. The van der Waals surface area contributed by atoms with Crippen LogP contribution in [0.1, 0.15) is 36.5 Å². The number of nitro benzene ring substituents is 1. The Morgan fingerprint density at radius 1 is 1.41 bits per heavy atom. The van der Waals surface area contributed by atoms with Crippen molar-refractivity contribution in [1.29, 1.82) is 0 Å². The van der Waals surface area contributed by atoms with E-state index in [1.165, 1.54) is 13.0 Å². The highest BCUT2D eigenvalue weighted by Crippen LogP contribution is 2.33. The summed E-state index contributed by atoms with van der Waals surface area (Å²) in [5.41, 5.74) is 0.523. The van der Waals surface area contributed by atoms with Gasteiger partial charge in [-0.25, -0.2) is 0 Å². The van der Waals surface area contributed by atoms with Crippen LogP contribution in [0.25, 0.3) is 0 Å². The molecule has 1 saturated carbocycles. The molecule has 1 aromatic rings. The molecule has 1 atom stereocenters. The maximum Gasteiger partial charge on any atom is 0.293 e. The number of likely N-dealkylation sites (tertiary alicyclic amines) is 1. The van der Waals surface area contributed by atoms with E-state index in [-0.39, 0.29) is 23.4 Å². The van der Waals surface area contributed by atoms with Gasteiger partial charge in [0.2, 0.25) is 5.91 Å². The molecule has 7 nitrogen and oxygen atoms in total. The van der Waals surface area contributed by atoms with Crippen molar-refractivity contribution in [2.24, 2.45) is 0 Å². The number of nitrogens with zero attached hydrogens (tertiary/aromatic N) is 2. The Kier molecular flexibility index (Phi) is 3.56. The molecule has 0 radical (unpaired) electrons. The van der Waals surface area contributed by atoms with E-state index in [9.17, 15) is 19.7 Å². The van der Waals surface area contributed by atoms with Crippen LogP contribution in [-0.2, 0) is 4.79 Å². The Morgan fingerprint density at radius 2 is 2.14 bits per heavy atom. The second-order valence-electron chi connectivity index (χ2n) is 5.87. The fourth-order valence-electron chi connectivity index (χ4n) is 2.81. The normalized spacial score (nSPS) is 21.0. The molecule has 7 heteroatoms. The van der Waals surface area contributed by atoms with Crippen LogP contribution in [0.15, 0.2) is 18.2 Å². The first-order valence-electron chi connectivity index (χ1n) is 7.31. The van der Waals surface area contributed by atoms with Crippen molar-refractivity contribution in [2.45, 2.75) is 38.3 Å². The Bertz CT molecular complexity index is 654. The van der Waals surface area contributed by atoms with Crippen LogP contribution in [0.4, 0.5) is 11.4 Å². The maximum absolute atomic E-state index is 11.9. The van der Waals surface area contributed by atoms with Crippen LogP contribution < -0.4 is 5.32 Å². The van der Waals surface area contributed by atoms with E-state index >= 15 is 0 Å². The number of amides is 1. The van der Waals surface area contributed by atoms with Gasteiger partial charge in [0.15, 0.2) is 5.78 Å². The molecule has 1 aromatic carbocycles. The van der Waals surface area contributed by atoms with E-state index in [0.717, 1.165) is 12.8 Å². The predicted molar refractivity (Wildman–Crippen MR) is 79.9 cm³/mol. The minimum absolute atomic E-state index is 0.100. The van der Waals surface area contributed by atoms with Gasteiger partial charge in [0.05, 0.1) is 11.0 Å². The first kappa shape index (κ1) is 14.5. The maximum atomic E-state index is 11.9. The Labute approximate surface area is 127 Å². The average molecular weight is 303 g/mol. The number of nitrogens with one attached hydrogen (secondary N) is 1. The van der Waals surface area contributed by atoms with E-state index in [2.05, 4.69) is 5.32 Å². The molecule has 0 spiro atoms. The number of anilines is 1. The van der Waals surface area contributed by atoms with Gasteiger partial charge >= 0.3 is 0 Å². The zero-order valence-corrected chi connectivity index (χ0v) is 12.2. The number of hydrogen-bond acceptors (Lipinski definition) is 5. The third kappa shape index (κ3) is 2.79. The summed E-state index contributed by atoms with van der Waals surface area (Å²) >= 11 is 0. The fraction of sp³-hybridized carbons (Fsp3) is 0.467. The van der Waals surface area contributed by atoms with E-state index in [1.807, 2.05) is 4.90 Å². The van der Waals surface area contributed by atoms with Gasteiger partial charge in [0.25, 0.3) is 5.69 Å². The summed E-state index contributed by atoms with van der Waals surface area (Å²) in [5.74, 6) is -0.117. The minimum atomic E-state index is -0.510. The summed E-state index contributed by atoms with van der Waals surface area (Å²) in [5, 5.41) is 14.3. The SMILES string of the molecule is CC(=O)c1ccc(NC2CC(=O)N(C3CC3)C2)c([N+](=O)[O-])c1. The summed E-state index contributed by atoms with van der Waals surface area (Å²) in [6.07, 6.45) is 2.44. The number of ketones is 1. The summed E-state index contributed by atoms with van der Waals surface area (Å²) < 4.78 is 0. The Balaban J connectivity index is 1.78. The van der Waals surface area contributed by atoms with Crippen LogP contribution in [0, 0.1) is 10.1 Å². The highest BCUT2D eigenvalue weighted by atomic mass is 16.6. The van der Waals surface area contributed by atoms with Crippen molar-refractivity contribution in [3.05, 3.63) is 33.9 Å². The monoisotopic (exact) mass is 303 g/mol. The molecule has 1 amide bonds. The lowest BCUT2D eigenvalue weighted by molar-refractivity contribution is -0.384. The van der Waals surface area contributed by atoms with Crippen molar-refractivity contribution >= 4 is 23.1 Å². The number of rotatable bonds is 5. The van der Waals surface area contributed by atoms with Gasteiger partial charge in [-0.15, -0.1) is 0 Å². The summed E-state index contributed by atoms with van der Waals surface area (Å²) in [4.78, 5) is 35.8. The number of Topliss-reactive ketones (excluding diaryl/α,β-unsaturated/α-hetero) is 1. The van der Waals surface area contributed by atoms with Crippen LogP contribution >= 0.6 is 0 Å². The van der Waals surface area contributed by atoms with E-state index in [1.54, 1.807) is 12.1 Å². The molecule has 2 aliphatic rings. The molecular weight excluding hydrogens is 286 g/mol. The summed E-state index contributed by atoms with van der Waals surface area (Å²) in [6, 6.07) is 4.61. The van der Waals surface area contributed by atoms with Gasteiger partial charge in [-0.1, -0.05) is 0 Å². The van der Waals surface area contributed by atoms with Gasteiger partial charge in [-0.3, -0.25) is 19.7 Å². The molecule has 1 aliphatic heterocycles. The van der Waals surface area contributed by atoms with Gasteiger partial charge < -0.3 is 10.2 Å². The average Bonchev–Trinajstić information content (AvgIpc) is 3.23. The number of nitro groups is 1.